The molecule has 0 fully saturated rings. The molecule has 0 aliphatic rings. The van der Waals surface area contributed by atoms with E-state index in [1.807, 2.05) is 12.3 Å². The smallest absolute Gasteiger partial charge is 0.129 e. The van der Waals surface area contributed by atoms with E-state index in [1.54, 1.807) is 18.4 Å². The van der Waals surface area contributed by atoms with Crippen molar-refractivity contribution in [2.24, 2.45) is 0 Å². The first-order valence-corrected chi connectivity index (χ1v) is 8.16. The van der Waals surface area contributed by atoms with Crippen LogP contribution in [0, 0.1) is 6.92 Å². The first kappa shape index (κ1) is 15.9. The van der Waals surface area contributed by atoms with E-state index in [0.29, 0.717) is 6.61 Å². The predicted octanol–water partition coefficient (Wildman–Crippen LogP) is 4.16. The number of thiophene rings is 1. The Morgan fingerprint density at radius 3 is 2.67 bits per heavy atom. The van der Waals surface area contributed by atoms with Crippen LogP contribution in [0.15, 0.2) is 29.6 Å². The molecular weight excluding hydrogens is 282 g/mol. The molecule has 2 aromatic rings. The molecule has 0 saturated heterocycles. The molecule has 0 amide bonds. The normalized spacial score (nSPS) is 12.2. The van der Waals surface area contributed by atoms with Gasteiger partial charge in [-0.25, -0.2) is 0 Å². The van der Waals surface area contributed by atoms with Crippen molar-refractivity contribution in [1.82, 2.24) is 5.32 Å². The summed E-state index contributed by atoms with van der Waals surface area (Å²) in [6.45, 7) is 7.80. The second-order valence-corrected chi connectivity index (χ2v) is 5.80. The minimum Gasteiger partial charge on any atom is -0.496 e. The first-order chi connectivity index (χ1) is 10.2. The zero-order valence-corrected chi connectivity index (χ0v) is 13.9. The van der Waals surface area contributed by atoms with Crippen LogP contribution in [0.4, 0.5) is 0 Å². The third-order valence-corrected chi connectivity index (χ3v) is 4.28. The minimum absolute atomic E-state index is 0.130. The lowest BCUT2D eigenvalue weighted by atomic mass is 10.0. The van der Waals surface area contributed by atoms with Crippen LogP contribution < -0.4 is 14.8 Å². The maximum absolute atomic E-state index is 5.81. The van der Waals surface area contributed by atoms with Crippen molar-refractivity contribution in [3.8, 4) is 11.5 Å². The molecule has 0 radical (unpaired) electrons. The maximum atomic E-state index is 5.81. The number of nitrogens with one attached hydrogen (secondary N) is 1. The molecule has 0 saturated carbocycles. The van der Waals surface area contributed by atoms with Crippen LogP contribution in [0.3, 0.4) is 0 Å². The van der Waals surface area contributed by atoms with E-state index < -0.39 is 0 Å². The molecule has 4 heteroatoms. The van der Waals surface area contributed by atoms with E-state index in [0.717, 1.165) is 18.0 Å². The summed E-state index contributed by atoms with van der Waals surface area (Å²) in [5.41, 5.74) is 2.42. The third kappa shape index (κ3) is 3.77. The third-order valence-electron chi connectivity index (χ3n) is 3.30. The summed E-state index contributed by atoms with van der Waals surface area (Å²) < 4.78 is 11.1. The van der Waals surface area contributed by atoms with Crippen molar-refractivity contribution in [2.75, 3.05) is 20.3 Å². The molecule has 1 aromatic heterocycles. The van der Waals surface area contributed by atoms with Crippen molar-refractivity contribution in [3.63, 3.8) is 0 Å². The Balaban J connectivity index is 2.43. The standard InChI is InChI=1S/C17H23NO2S/c1-5-18-17(16-10-13(19-4)11-21-16)14-9-12(3)7-8-15(14)20-6-2/h7-11,17-18H,5-6H2,1-4H3. The van der Waals surface area contributed by atoms with E-state index in [1.165, 1.54) is 16.0 Å². The highest BCUT2D eigenvalue weighted by molar-refractivity contribution is 7.10. The predicted molar refractivity (Wildman–Crippen MR) is 88.7 cm³/mol. The van der Waals surface area contributed by atoms with Crippen molar-refractivity contribution in [1.29, 1.82) is 0 Å². The van der Waals surface area contributed by atoms with Gasteiger partial charge in [-0.3, -0.25) is 0 Å². The second kappa shape index (κ2) is 7.48. The molecule has 0 bridgehead atoms. The number of ether oxygens (including phenoxy) is 2. The van der Waals surface area contributed by atoms with Gasteiger partial charge in [0.05, 0.1) is 19.8 Å². The lowest BCUT2D eigenvalue weighted by molar-refractivity contribution is 0.333. The number of rotatable bonds is 7. The fourth-order valence-corrected chi connectivity index (χ4v) is 3.29. The molecule has 1 unspecified atom stereocenters. The zero-order chi connectivity index (χ0) is 15.2. The van der Waals surface area contributed by atoms with Crippen LogP contribution in [0.2, 0.25) is 0 Å². The van der Waals surface area contributed by atoms with Gasteiger partial charge in [-0.15, -0.1) is 11.3 Å². The first-order valence-electron chi connectivity index (χ1n) is 7.28. The molecule has 0 aliphatic heterocycles. The van der Waals surface area contributed by atoms with Crippen molar-refractivity contribution >= 4 is 11.3 Å². The average Bonchev–Trinajstić information content (AvgIpc) is 2.95. The second-order valence-electron chi connectivity index (χ2n) is 4.85. The Kier molecular flexibility index (Phi) is 5.65. The van der Waals surface area contributed by atoms with Crippen LogP contribution in [-0.2, 0) is 0 Å². The van der Waals surface area contributed by atoms with Crippen molar-refractivity contribution in [3.05, 3.63) is 45.6 Å². The van der Waals surface area contributed by atoms with Crippen LogP contribution in [0.25, 0.3) is 0 Å². The van der Waals surface area contributed by atoms with Gasteiger partial charge in [0.25, 0.3) is 0 Å². The molecule has 1 atom stereocenters. The molecule has 1 heterocycles. The van der Waals surface area contributed by atoms with Crippen molar-refractivity contribution in [2.45, 2.75) is 26.8 Å². The van der Waals surface area contributed by atoms with Gasteiger partial charge in [0.2, 0.25) is 0 Å². The zero-order valence-electron chi connectivity index (χ0n) is 13.1. The lowest BCUT2D eigenvalue weighted by Gasteiger charge is -2.21. The molecule has 1 aromatic carbocycles. The van der Waals surface area contributed by atoms with Crippen LogP contribution >= 0.6 is 11.3 Å². The Hall–Kier alpha value is -1.52. The van der Waals surface area contributed by atoms with Crippen LogP contribution in [-0.4, -0.2) is 20.3 Å². The number of aryl methyl sites for hydroxylation is 1. The number of hydrogen-bond donors (Lipinski definition) is 1. The van der Waals surface area contributed by atoms with Gasteiger partial charge in [0.15, 0.2) is 0 Å². The minimum atomic E-state index is 0.130. The van der Waals surface area contributed by atoms with Gasteiger partial charge in [0.1, 0.15) is 11.5 Å². The van der Waals surface area contributed by atoms with E-state index in [4.69, 9.17) is 9.47 Å². The van der Waals surface area contributed by atoms with Crippen molar-refractivity contribution < 1.29 is 9.47 Å². The summed E-state index contributed by atoms with van der Waals surface area (Å²) in [7, 11) is 1.70. The summed E-state index contributed by atoms with van der Waals surface area (Å²) in [5.74, 6) is 1.85. The SMILES string of the molecule is CCNC(c1cc(OC)cs1)c1cc(C)ccc1OCC. The summed E-state index contributed by atoms with van der Waals surface area (Å²) in [4.78, 5) is 1.24. The van der Waals surface area contributed by atoms with Gasteiger partial charge in [-0.05, 0) is 32.5 Å². The summed E-state index contributed by atoms with van der Waals surface area (Å²) in [6.07, 6.45) is 0. The molecule has 0 aliphatic carbocycles. The van der Waals surface area contributed by atoms with Gasteiger partial charge in [-0.1, -0.05) is 24.6 Å². The quantitative estimate of drug-likeness (QED) is 0.833. The van der Waals surface area contributed by atoms with E-state index in [9.17, 15) is 0 Å². The van der Waals surface area contributed by atoms with Gasteiger partial charge < -0.3 is 14.8 Å². The molecule has 3 nitrogen and oxygen atoms in total. The lowest BCUT2D eigenvalue weighted by Crippen LogP contribution is -2.22. The Labute approximate surface area is 130 Å². The number of benzene rings is 1. The molecular formula is C17H23NO2S. The monoisotopic (exact) mass is 305 g/mol. The van der Waals surface area contributed by atoms with Gasteiger partial charge >= 0.3 is 0 Å². The summed E-state index contributed by atoms with van der Waals surface area (Å²) in [6, 6.07) is 8.57. The van der Waals surface area contributed by atoms with E-state index >= 15 is 0 Å². The Morgan fingerprint density at radius 1 is 1.24 bits per heavy atom. The van der Waals surface area contributed by atoms with Gasteiger partial charge in [0, 0.05) is 15.8 Å². The molecule has 1 N–H and O–H groups in total. The summed E-state index contributed by atoms with van der Waals surface area (Å²) in [5, 5.41) is 5.59. The fourth-order valence-electron chi connectivity index (χ4n) is 2.34. The Morgan fingerprint density at radius 2 is 2.05 bits per heavy atom. The highest BCUT2D eigenvalue weighted by Gasteiger charge is 2.20. The fraction of sp³-hybridized carbons (Fsp3) is 0.412. The van der Waals surface area contributed by atoms with Crippen LogP contribution in [0.5, 0.6) is 11.5 Å². The van der Waals surface area contributed by atoms with E-state index in [2.05, 4.69) is 43.4 Å². The largest absolute Gasteiger partial charge is 0.496 e. The van der Waals surface area contributed by atoms with E-state index in [-0.39, 0.29) is 6.04 Å². The average molecular weight is 305 g/mol. The molecule has 114 valence electrons. The molecule has 0 spiro atoms. The van der Waals surface area contributed by atoms with Gasteiger partial charge in [-0.2, -0.15) is 0 Å². The molecule has 2 rings (SSSR count). The topological polar surface area (TPSA) is 30.5 Å². The highest BCUT2D eigenvalue weighted by atomic mass is 32.1. The highest BCUT2D eigenvalue weighted by Crippen LogP contribution is 2.35. The Bertz CT molecular complexity index is 580. The number of hydrogen-bond acceptors (Lipinski definition) is 4. The number of methoxy groups -OCH3 is 1. The van der Waals surface area contributed by atoms with Crippen LogP contribution in [0.1, 0.15) is 35.9 Å². The summed E-state index contributed by atoms with van der Waals surface area (Å²) >= 11 is 1.71. The maximum Gasteiger partial charge on any atom is 0.129 e. The molecule has 21 heavy (non-hydrogen) atoms.